The molecule has 6 nitrogen and oxygen atoms in total. The fourth-order valence-electron chi connectivity index (χ4n) is 10.3. The van der Waals surface area contributed by atoms with Crippen molar-refractivity contribution < 1.29 is 28.4 Å². The van der Waals surface area contributed by atoms with E-state index in [1.54, 1.807) is 0 Å². The van der Waals surface area contributed by atoms with E-state index in [2.05, 4.69) is 133 Å². The maximum atomic E-state index is 7.42. The first kappa shape index (κ1) is 47.7. The third-order valence-electron chi connectivity index (χ3n) is 13.7. The van der Waals surface area contributed by atoms with E-state index < -0.39 is 22.6 Å². The number of unbranched alkanes of at least 4 members (excludes halogenated alkanes) is 6. The molecule has 360 valence electrons. The highest BCUT2D eigenvalue weighted by Crippen LogP contribution is 2.78. The topological polar surface area (TPSA) is 55.4 Å². The molecule has 69 heavy (non-hydrogen) atoms. The summed E-state index contributed by atoms with van der Waals surface area (Å²) in [4.78, 5) is 0. The Kier molecular flexibility index (Phi) is 14.9. The van der Waals surface area contributed by atoms with E-state index >= 15 is 0 Å². The third kappa shape index (κ3) is 8.21. The molecule has 0 aliphatic rings. The van der Waals surface area contributed by atoms with Crippen LogP contribution in [0.2, 0.25) is 0 Å². The van der Waals surface area contributed by atoms with Crippen LogP contribution in [0, 0.1) is 0 Å². The van der Waals surface area contributed by atoms with Crippen molar-refractivity contribution in [2.45, 2.75) is 119 Å². The van der Waals surface area contributed by atoms with E-state index in [0.717, 1.165) is 112 Å². The molecule has 0 aliphatic carbocycles. The van der Waals surface area contributed by atoms with Crippen molar-refractivity contribution in [1.29, 1.82) is 0 Å². The summed E-state index contributed by atoms with van der Waals surface area (Å²) >= 11 is 0. The van der Waals surface area contributed by atoms with Gasteiger partial charge >= 0.3 is 0 Å². The molecule has 0 spiro atoms. The number of hydrogen-bond acceptors (Lipinski definition) is 6. The molecule has 0 fully saturated rings. The fraction of sp³-hybridized carbons (Fsp3) is 0.400. The van der Waals surface area contributed by atoms with Crippen molar-refractivity contribution in [3.05, 3.63) is 91.0 Å². The van der Waals surface area contributed by atoms with Crippen LogP contribution < -0.4 is 28.4 Å². The van der Waals surface area contributed by atoms with E-state index in [9.17, 15) is 0 Å². The van der Waals surface area contributed by atoms with Gasteiger partial charge in [-0.05, 0) is 54.4 Å². The van der Waals surface area contributed by atoms with Crippen LogP contribution in [-0.4, -0.2) is 39.6 Å². The molecule has 9 heteroatoms. The molecule has 10 aromatic rings. The molecular formula is C60H69O6P3. The van der Waals surface area contributed by atoms with Crippen LogP contribution in [-0.2, 0) is 0 Å². The molecule has 0 saturated carbocycles. The van der Waals surface area contributed by atoms with Crippen molar-refractivity contribution in [2.24, 2.45) is 0 Å². The van der Waals surface area contributed by atoms with Crippen molar-refractivity contribution in [1.82, 2.24) is 0 Å². The zero-order chi connectivity index (χ0) is 47.4. The average molecular weight is 979 g/mol. The first-order valence-electron chi connectivity index (χ1n) is 26.2. The number of benzene rings is 7. The van der Waals surface area contributed by atoms with Crippen LogP contribution in [0.3, 0.4) is 0 Å². The fourth-order valence-corrected chi connectivity index (χ4v) is 18.9. The molecule has 0 radical (unpaired) electrons. The van der Waals surface area contributed by atoms with E-state index in [1.807, 2.05) is 0 Å². The largest absolute Gasteiger partial charge is 0.489 e. The lowest BCUT2D eigenvalue weighted by Gasteiger charge is -2.19. The van der Waals surface area contributed by atoms with Gasteiger partial charge in [-0.15, -0.1) is 0 Å². The highest BCUT2D eigenvalue weighted by atomic mass is 31.1. The van der Waals surface area contributed by atoms with Crippen LogP contribution in [0.5, 0.6) is 34.5 Å². The van der Waals surface area contributed by atoms with Crippen LogP contribution in [0.25, 0.3) is 78.9 Å². The minimum absolute atomic E-state index is 0.606. The Morgan fingerprint density at radius 1 is 0.261 bits per heavy atom. The van der Waals surface area contributed by atoms with Crippen LogP contribution in [0.4, 0.5) is 0 Å². The smallest absolute Gasteiger partial charge is 0.174 e. The Morgan fingerprint density at radius 3 is 0.594 bits per heavy atom. The van der Waals surface area contributed by atoms with Gasteiger partial charge in [-0.3, -0.25) is 0 Å². The van der Waals surface area contributed by atoms with E-state index in [0.29, 0.717) is 39.6 Å². The molecule has 3 aromatic heterocycles. The predicted molar refractivity (Wildman–Crippen MR) is 300 cm³/mol. The van der Waals surface area contributed by atoms with E-state index in [-0.39, 0.29) is 0 Å². The van der Waals surface area contributed by atoms with Crippen LogP contribution >= 0.6 is 22.6 Å². The number of hydrogen-bond donors (Lipinski definition) is 0. The summed E-state index contributed by atoms with van der Waals surface area (Å²) in [6.45, 7) is 17.1. The van der Waals surface area contributed by atoms with Gasteiger partial charge in [0.1, 0.15) is 0 Å². The number of ether oxygens (including phenoxy) is 6. The molecule has 0 N–H and O–H groups in total. The first-order valence-corrected chi connectivity index (χ1v) is 30.2. The maximum absolute atomic E-state index is 7.42. The van der Waals surface area contributed by atoms with Gasteiger partial charge in [0.2, 0.25) is 0 Å². The summed E-state index contributed by atoms with van der Waals surface area (Å²) in [5.74, 6) is 5.48. The molecule has 0 amide bonds. The second kappa shape index (κ2) is 21.6. The quantitative estimate of drug-likeness (QED) is 0.0378. The molecule has 0 saturated heterocycles. The summed E-state index contributed by atoms with van der Waals surface area (Å²) in [7, 11) is -3.70. The second-order valence-corrected chi connectivity index (χ2v) is 24.8. The zero-order valence-corrected chi connectivity index (χ0v) is 44.4. The standard InChI is InChI=1S/C60H69O6P3/c1-7-13-34-61-49-50(62-35-14-8-2)56-44-43-45-47-48-46(44)58(68(56)41-30-24-20-25-31-41)53(65-38-17-11-5)54(66-39-18-12-6)60(48)69(42-32-26-21-27-33-42)59(47)52(64-37-16-10-4)51(63-36-15-9-3)57(45)67(55(43)49)40-28-22-19-23-29-40/h19-33H,7-18,34-39H2,1-6H3. The molecule has 0 atom stereocenters. The molecular weight excluding hydrogens is 910 g/mol. The highest BCUT2D eigenvalue weighted by molar-refractivity contribution is 7.71. The monoisotopic (exact) mass is 978 g/mol. The van der Waals surface area contributed by atoms with Gasteiger partial charge in [0.15, 0.2) is 34.5 Å². The molecule has 3 heterocycles. The predicted octanol–water partition coefficient (Wildman–Crippen LogP) is 19.9. The lowest BCUT2D eigenvalue weighted by molar-refractivity contribution is 0.268. The van der Waals surface area contributed by atoms with Gasteiger partial charge in [-0.1, -0.05) is 194 Å². The Balaban J connectivity index is 1.58. The van der Waals surface area contributed by atoms with Gasteiger partial charge in [0, 0.05) is 32.3 Å². The summed E-state index contributed by atoms with van der Waals surface area (Å²) in [6, 6.07) is 33.7. The second-order valence-electron chi connectivity index (χ2n) is 18.5. The minimum Gasteiger partial charge on any atom is -0.489 e. The lowest BCUT2D eigenvalue weighted by Crippen LogP contribution is -2.03. The summed E-state index contributed by atoms with van der Waals surface area (Å²) in [6.07, 6.45) is 11.9. The number of rotatable bonds is 27. The van der Waals surface area contributed by atoms with Crippen molar-refractivity contribution >= 4 is 85.6 Å². The Hall–Kier alpha value is -4.98. The molecule has 7 aromatic carbocycles. The SMILES string of the molecule is CCCCOc1c(OCCCC)c2c3c4c5c6c7c3c(c(OCCCC)c(OCCCC)c7p(-c3ccccc3)c6c(OCCCC)c(OCCCC)c5p(-c3ccccc3)c14)p2-c1ccccc1. The zero-order valence-electron chi connectivity index (χ0n) is 41.7. The summed E-state index contributed by atoms with van der Waals surface area (Å²) < 4.78 is 44.5. The Labute approximate surface area is 411 Å². The maximum Gasteiger partial charge on any atom is 0.174 e. The molecule has 0 aliphatic heterocycles. The summed E-state index contributed by atoms with van der Waals surface area (Å²) in [5, 5.41) is 19.3. The minimum atomic E-state index is -1.23. The van der Waals surface area contributed by atoms with Gasteiger partial charge in [-0.2, -0.15) is 0 Å². The van der Waals surface area contributed by atoms with Gasteiger partial charge in [0.25, 0.3) is 0 Å². The normalized spacial score (nSPS) is 12.9. The van der Waals surface area contributed by atoms with E-state index in [1.165, 1.54) is 78.9 Å². The first-order chi connectivity index (χ1) is 34.1. The van der Waals surface area contributed by atoms with E-state index in [4.69, 9.17) is 28.4 Å². The average Bonchev–Trinajstić information content (AvgIpc) is 4.04. The van der Waals surface area contributed by atoms with Gasteiger partial charge in [-0.25, -0.2) is 0 Å². The van der Waals surface area contributed by atoms with Crippen molar-refractivity contribution in [3.63, 3.8) is 0 Å². The molecule has 0 bridgehead atoms. The van der Waals surface area contributed by atoms with Crippen molar-refractivity contribution in [2.75, 3.05) is 39.6 Å². The van der Waals surface area contributed by atoms with Gasteiger partial charge < -0.3 is 28.4 Å². The molecule has 10 rings (SSSR count). The van der Waals surface area contributed by atoms with Crippen LogP contribution in [0.15, 0.2) is 91.0 Å². The summed E-state index contributed by atoms with van der Waals surface area (Å²) in [5.41, 5.74) is 0. The lowest BCUT2D eigenvalue weighted by atomic mass is 9.93. The van der Waals surface area contributed by atoms with Gasteiger partial charge in [0.05, 0.1) is 70.3 Å². The Bertz CT molecular complexity index is 2710. The van der Waals surface area contributed by atoms with Crippen LogP contribution in [0.1, 0.15) is 119 Å². The van der Waals surface area contributed by atoms with Crippen molar-refractivity contribution in [3.8, 4) is 50.4 Å². The molecule has 0 unspecified atom stereocenters. The third-order valence-corrected chi connectivity index (χ3v) is 21.4. The highest BCUT2D eigenvalue weighted by Gasteiger charge is 2.41. The Morgan fingerprint density at radius 2 is 0.435 bits per heavy atom.